The van der Waals surface area contributed by atoms with Crippen molar-refractivity contribution in [2.45, 2.75) is 19.3 Å². The zero-order valence-electron chi connectivity index (χ0n) is 13.3. The standard InChI is InChI=1S/C16H20N2O5/c1-21-13-8-12(9-14(10-13)22-2)4-5-16(20)23-11-15(19)18-7-3-6-17/h8-10H,3-5,7,11H2,1-2H3,(H,18,19). The molecule has 0 unspecified atom stereocenters. The predicted molar refractivity (Wildman–Crippen MR) is 82.1 cm³/mol. The van der Waals surface area contributed by atoms with Crippen molar-refractivity contribution in [1.29, 1.82) is 5.26 Å². The number of nitrogens with one attached hydrogen (secondary N) is 1. The highest BCUT2D eigenvalue weighted by atomic mass is 16.5. The number of nitriles is 1. The minimum Gasteiger partial charge on any atom is -0.497 e. The Bertz CT molecular complexity index is 558. The normalized spacial score (nSPS) is 9.61. The van der Waals surface area contributed by atoms with E-state index in [0.717, 1.165) is 5.56 Å². The van der Waals surface area contributed by atoms with E-state index in [1.54, 1.807) is 20.3 Å². The van der Waals surface area contributed by atoms with Crippen molar-refractivity contribution < 1.29 is 23.8 Å². The molecule has 1 rings (SSSR count). The van der Waals surface area contributed by atoms with Crippen molar-refractivity contribution in [2.75, 3.05) is 27.4 Å². The number of aryl methyl sites for hydroxylation is 1. The van der Waals surface area contributed by atoms with Crippen LogP contribution in [0.25, 0.3) is 0 Å². The molecule has 1 aromatic carbocycles. The number of esters is 1. The van der Waals surface area contributed by atoms with Crippen LogP contribution in [-0.4, -0.2) is 39.2 Å². The lowest BCUT2D eigenvalue weighted by atomic mass is 10.1. The average molecular weight is 320 g/mol. The molecular weight excluding hydrogens is 300 g/mol. The molecule has 23 heavy (non-hydrogen) atoms. The first-order chi connectivity index (χ1) is 11.1. The van der Waals surface area contributed by atoms with Gasteiger partial charge in [0, 0.05) is 19.0 Å². The second-order valence-corrected chi connectivity index (χ2v) is 4.64. The molecule has 0 saturated carbocycles. The number of methoxy groups -OCH3 is 2. The minimum atomic E-state index is -0.470. The van der Waals surface area contributed by atoms with E-state index >= 15 is 0 Å². The quantitative estimate of drug-likeness (QED) is 0.542. The fourth-order valence-electron chi connectivity index (χ4n) is 1.78. The Morgan fingerprint density at radius 2 is 1.83 bits per heavy atom. The molecule has 124 valence electrons. The number of amides is 1. The number of ether oxygens (including phenoxy) is 3. The Labute approximate surface area is 135 Å². The Kier molecular flexibility index (Phi) is 8.00. The summed E-state index contributed by atoms with van der Waals surface area (Å²) in [5.74, 6) is 0.396. The maximum absolute atomic E-state index is 11.6. The first-order valence-electron chi connectivity index (χ1n) is 7.10. The van der Waals surface area contributed by atoms with Crippen LogP contribution in [0.5, 0.6) is 11.5 Å². The van der Waals surface area contributed by atoms with Crippen molar-refractivity contribution in [1.82, 2.24) is 5.32 Å². The largest absolute Gasteiger partial charge is 0.497 e. The minimum absolute atomic E-state index is 0.141. The second-order valence-electron chi connectivity index (χ2n) is 4.64. The van der Waals surface area contributed by atoms with E-state index in [-0.39, 0.29) is 26.0 Å². The van der Waals surface area contributed by atoms with E-state index in [9.17, 15) is 9.59 Å². The molecular formula is C16H20N2O5. The Morgan fingerprint density at radius 3 is 2.39 bits per heavy atom. The van der Waals surface area contributed by atoms with Crippen LogP contribution in [-0.2, 0) is 20.7 Å². The summed E-state index contributed by atoms with van der Waals surface area (Å²) in [6, 6.07) is 7.27. The molecule has 0 aromatic heterocycles. The van der Waals surface area contributed by atoms with Crippen molar-refractivity contribution in [3.05, 3.63) is 23.8 Å². The second kappa shape index (κ2) is 10.1. The number of rotatable bonds is 9. The summed E-state index contributed by atoms with van der Waals surface area (Å²) in [5.41, 5.74) is 0.872. The fraction of sp³-hybridized carbons (Fsp3) is 0.438. The van der Waals surface area contributed by atoms with E-state index < -0.39 is 11.9 Å². The van der Waals surface area contributed by atoms with Gasteiger partial charge >= 0.3 is 5.97 Å². The fourth-order valence-corrected chi connectivity index (χ4v) is 1.78. The zero-order valence-corrected chi connectivity index (χ0v) is 13.3. The van der Waals surface area contributed by atoms with Crippen LogP contribution in [0.3, 0.4) is 0 Å². The van der Waals surface area contributed by atoms with Gasteiger partial charge in [0.1, 0.15) is 11.5 Å². The highest BCUT2D eigenvalue weighted by molar-refractivity contribution is 5.80. The van der Waals surface area contributed by atoms with Gasteiger partial charge in [-0.2, -0.15) is 5.26 Å². The zero-order chi connectivity index (χ0) is 17.1. The molecule has 0 heterocycles. The first kappa shape index (κ1) is 18.3. The van der Waals surface area contributed by atoms with Gasteiger partial charge in [-0.25, -0.2) is 0 Å². The summed E-state index contributed by atoms with van der Waals surface area (Å²) in [6.07, 6.45) is 0.807. The summed E-state index contributed by atoms with van der Waals surface area (Å²) in [7, 11) is 3.11. The Hall–Kier alpha value is -2.75. The predicted octanol–water partition coefficient (Wildman–Crippen LogP) is 1.21. The van der Waals surface area contributed by atoms with Gasteiger partial charge in [0.15, 0.2) is 6.61 Å². The number of nitrogens with zero attached hydrogens (tertiary/aromatic N) is 1. The maximum atomic E-state index is 11.6. The van der Waals surface area contributed by atoms with Gasteiger partial charge < -0.3 is 19.5 Å². The molecule has 0 radical (unpaired) electrons. The molecule has 1 N–H and O–H groups in total. The van der Waals surface area contributed by atoms with Crippen molar-refractivity contribution in [2.24, 2.45) is 0 Å². The molecule has 0 saturated heterocycles. The average Bonchev–Trinajstić information content (AvgIpc) is 2.57. The lowest BCUT2D eigenvalue weighted by Gasteiger charge is -2.08. The lowest BCUT2D eigenvalue weighted by Crippen LogP contribution is -2.29. The maximum Gasteiger partial charge on any atom is 0.306 e. The summed E-state index contributed by atoms with van der Waals surface area (Å²) in [6.45, 7) is -0.0951. The highest BCUT2D eigenvalue weighted by Crippen LogP contribution is 2.23. The Morgan fingerprint density at radius 1 is 1.17 bits per heavy atom. The molecule has 0 atom stereocenters. The smallest absolute Gasteiger partial charge is 0.306 e. The van der Waals surface area contributed by atoms with Gasteiger partial charge in [-0.3, -0.25) is 9.59 Å². The summed E-state index contributed by atoms with van der Waals surface area (Å²) in [4.78, 5) is 23.0. The number of hydrogen-bond acceptors (Lipinski definition) is 6. The Balaban J connectivity index is 2.38. The summed E-state index contributed by atoms with van der Waals surface area (Å²) in [5, 5.41) is 10.8. The van der Waals surface area contributed by atoms with E-state index in [1.807, 2.05) is 18.2 Å². The third-order valence-electron chi connectivity index (χ3n) is 2.95. The SMILES string of the molecule is COc1cc(CCC(=O)OCC(=O)NCCC#N)cc(OC)c1. The molecule has 0 spiro atoms. The number of carbonyl (C=O) groups is 2. The van der Waals surface area contributed by atoms with Crippen LogP contribution in [0.15, 0.2) is 18.2 Å². The van der Waals surface area contributed by atoms with Crippen molar-refractivity contribution >= 4 is 11.9 Å². The van der Waals surface area contributed by atoms with Crippen molar-refractivity contribution in [3.63, 3.8) is 0 Å². The van der Waals surface area contributed by atoms with E-state index in [0.29, 0.717) is 17.9 Å². The lowest BCUT2D eigenvalue weighted by molar-refractivity contribution is -0.148. The van der Waals surface area contributed by atoms with Gasteiger partial charge in [0.2, 0.25) is 0 Å². The molecule has 0 fully saturated rings. The highest BCUT2D eigenvalue weighted by Gasteiger charge is 2.09. The monoisotopic (exact) mass is 320 g/mol. The number of hydrogen-bond donors (Lipinski definition) is 1. The van der Waals surface area contributed by atoms with Crippen LogP contribution < -0.4 is 14.8 Å². The first-order valence-corrected chi connectivity index (χ1v) is 7.10. The summed E-state index contributed by atoms with van der Waals surface area (Å²) >= 11 is 0. The molecule has 7 nitrogen and oxygen atoms in total. The molecule has 1 aromatic rings. The van der Waals surface area contributed by atoms with Gasteiger partial charge in [0.05, 0.1) is 26.7 Å². The van der Waals surface area contributed by atoms with Gasteiger partial charge in [0.25, 0.3) is 5.91 Å². The molecule has 0 aliphatic rings. The van der Waals surface area contributed by atoms with Crippen LogP contribution in [0.2, 0.25) is 0 Å². The van der Waals surface area contributed by atoms with Crippen LogP contribution in [0.1, 0.15) is 18.4 Å². The van der Waals surface area contributed by atoms with Crippen LogP contribution >= 0.6 is 0 Å². The number of carbonyl (C=O) groups excluding carboxylic acids is 2. The third-order valence-corrected chi connectivity index (χ3v) is 2.95. The summed E-state index contributed by atoms with van der Waals surface area (Å²) < 4.78 is 15.2. The van der Waals surface area contributed by atoms with Crippen LogP contribution in [0.4, 0.5) is 0 Å². The van der Waals surface area contributed by atoms with Gasteiger partial charge in [-0.05, 0) is 24.1 Å². The van der Waals surface area contributed by atoms with Crippen molar-refractivity contribution in [3.8, 4) is 17.6 Å². The van der Waals surface area contributed by atoms with E-state index in [4.69, 9.17) is 19.5 Å². The van der Waals surface area contributed by atoms with Crippen LogP contribution in [0, 0.1) is 11.3 Å². The number of benzene rings is 1. The third kappa shape index (κ3) is 7.18. The molecule has 0 aliphatic heterocycles. The molecule has 0 aliphatic carbocycles. The van der Waals surface area contributed by atoms with E-state index in [2.05, 4.69) is 5.32 Å². The topological polar surface area (TPSA) is 97.6 Å². The molecule has 7 heteroatoms. The van der Waals surface area contributed by atoms with E-state index in [1.165, 1.54) is 0 Å². The molecule has 0 bridgehead atoms. The molecule has 1 amide bonds. The van der Waals surface area contributed by atoms with Gasteiger partial charge in [-0.1, -0.05) is 0 Å². The van der Waals surface area contributed by atoms with Gasteiger partial charge in [-0.15, -0.1) is 0 Å².